The maximum Gasteiger partial charge on any atom is 0.261 e. The minimum absolute atomic E-state index is 0.0586. The zero-order valence-electron chi connectivity index (χ0n) is 19.5. The second kappa shape index (κ2) is 8.09. The van der Waals surface area contributed by atoms with Crippen molar-refractivity contribution < 1.29 is 4.79 Å². The maximum atomic E-state index is 13.2. The molecule has 5 aromatic rings. The molecule has 4 heterocycles. The summed E-state index contributed by atoms with van der Waals surface area (Å²) in [6.07, 6.45) is 5.42. The largest absolute Gasteiger partial charge is 0.331 e. The summed E-state index contributed by atoms with van der Waals surface area (Å²) in [6, 6.07) is 17.4. The van der Waals surface area contributed by atoms with Crippen LogP contribution in [0, 0.1) is 13.8 Å². The van der Waals surface area contributed by atoms with Gasteiger partial charge in [0.05, 0.1) is 41.7 Å². The second-order valence-corrected chi connectivity index (χ2v) is 8.96. The van der Waals surface area contributed by atoms with Gasteiger partial charge in [0.15, 0.2) is 0 Å². The zero-order valence-corrected chi connectivity index (χ0v) is 19.5. The highest BCUT2D eigenvalue weighted by Crippen LogP contribution is 2.31. The third-order valence-corrected chi connectivity index (χ3v) is 6.70. The summed E-state index contributed by atoms with van der Waals surface area (Å²) in [7, 11) is 0. The first-order chi connectivity index (χ1) is 17.0. The predicted molar refractivity (Wildman–Crippen MR) is 133 cm³/mol. The van der Waals surface area contributed by atoms with Crippen molar-refractivity contribution in [2.45, 2.75) is 33.5 Å². The number of carbonyl (C=O) groups is 1. The Morgan fingerprint density at radius 1 is 0.971 bits per heavy atom. The average Bonchev–Trinajstić information content (AvgIpc) is 3.59. The van der Waals surface area contributed by atoms with E-state index in [-0.39, 0.29) is 18.0 Å². The number of hydrogen-bond acceptors (Lipinski definition) is 4. The fourth-order valence-corrected chi connectivity index (χ4v) is 4.62. The summed E-state index contributed by atoms with van der Waals surface area (Å²) in [4.78, 5) is 32.1. The normalized spacial score (nSPS) is 12.9. The lowest BCUT2D eigenvalue weighted by molar-refractivity contribution is -0.132. The highest BCUT2D eigenvalue weighted by atomic mass is 16.2. The number of hydrogen-bond donors (Lipinski definition) is 0. The molecular formula is C27H24N6O2. The molecule has 1 aliphatic heterocycles. The van der Waals surface area contributed by atoms with E-state index < -0.39 is 0 Å². The monoisotopic (exact) mass is 464 g/mol. The molecule has 0 bridgehead atoms. The Kier molecular flexibility index (Phi) is 4.88. The van der Waals surface area contributed by atoms with Crippen molar-refractivity contribution in [1.29, 1.82) is 0 Å². The molecule has 0 aliphatic carbocycles. The van der Waals surface area contributed by atoms with E-state index in [4.69, 9.17) is 5.10 Å². The molecule has 0 spiro atoms. The molecule has 0 saturated carbocycles. The summed E-state index contributed by atoms with van der Waals surface area (Å²) in [5, 5.41) is 5.41. The minimum Gasteiger partial charge on any atom is -0.331 e. The van der Waals surface area contributed by atoms with Gasteiger partial charge >= 0.3 is 0 Å². The van der Waals surface area contributed by atoms with Crippen molar-refractivity contribution in [1.82, 2.24) is 28.8 Å². The van der Waals surface area contributed by atoms with E-state index in [0.29, 0.717) is 24.0 Å². The lowest BCUT2D eigenvalue weighted by atomic mass is 10.1. The quantitative estimate of drug-likeness (QED) is 0.408. The number of fused-ring (bicyclic) bond motifs is 2. The van der Waals surface area contributed by atoms with Gasteiger partial charge in [-0.15, -0.1) is 0 Å². The molecule has 0 saturated heterocycles. The molecular weight excluding hydrogens is 440 g/mol. The molecule has 2 aromatic carbocycles. The van der Waals surface area contributed by atoms with Gasteiger partial charge in [-0.3, -0.25) is 14.2 Å². The zero-order chi connectivity index (χ0) is 24.1. The average molecular weight is 465 g/mol. The van der Waals surface area contributed by atoms with E-state index >= 15 is 0 Å². The fourth-order valence-electron chi connectivity index (χ4n) is 4.62. The Bertz CT molecular complexity index is 1640. The first-order valence-corrected chi connectivity index (χ1v) is 11.5. The lowest BCUT2D eigenvalue weighted by Gasteiger charge is -2.18. The predicted octanol–water partition coefficient (Wildman–Crippen LogP) is 3.53. The maximum absolute atomic E-state index is 13.2. The van der Waals surface area contributed by atoms with Crippen LogP contribution in [0.4, 0.5) is 0 Å². The van der Waals surface area contributed by atoms with Crippen molar-refractivity contribution in [2.24, 2.45) is 0 Å². The lowest BCUT2D eigenvalue weighted by Crippen LogP contribution is -2.33. The first kappa shape index (κ1) is 21.1. The van der Waals surface area contributed by atoms with Crippen molar-refractivity contribution in [3.8, 4) is 11.5 Å². The Hall–Kier alpha value is -4.46. The number of aryl methyl sites for hydroxylation is 2. The number of para-hydroxylation sites is 1. The SMILES string of the molecule is Cc1ccc(-n2nc3c(c2-n2cccc2)CN(C(=O)Cn2cnc4ccccc4c2=O)C3)cc1C. The molecule has 0 fully saturated rings. The Morgan fingerprint density at radius 3 is 2.57 bits per heavy atom. The molecule has 0 unspecified atom stereocenters. The van der Waals surface area contributed by atoms with E-state index in [0.717, 1.165) is 22.8 Å². The van der Waals surface area contributed by atoms with Crippen LogP contribution in [-0.4, -0.2) is 34.7 Å². The van der Waals surface area contributed by atoms with Crippen molar-refractivity contribution in [3.05, 3.63) is 106 Å². The van der Waals surface area contributed by atoms with Crippen LogP contribution in [0.2, 0.25) is 0 Å². The summed E-state index contributed by atoms with van der Waals surface area (Å²) in [6.45, 7) is 4.96. The van der Waals surface area contributed by atoms with Gasteiger partial charge in [-0.2, -0.15) is 5.10 Å². The molecule has 35 heavy (non-hydrogen) atoms. The van der Waals surface area contributed by atoms with Crippen LogP contribution in [0.25, 0.3) is 22.4 Å². The van der Waals surface area contributed by atoms with E-state index in [1.54, 1.807) is 23.1 Å². The van der Waals surface area contributed by atoms with Gasteiger partial charge in [0.25, 0.3) is 5.56 Å². The van der Waals surface area contributed by atoms with Gasteiger partial charge < -0.3 is 9.47 Å². The molecule has 3 aromatic heterocycles. The minimum atomic E-state index is -0.214. The van der Waals surface area contributed by atoms with Crippen molar-refractivity contribution >= 4 is 16.8 Å². The van der Waals surface area contributed by atoms with Crippen molar-refractivity contribution in [2.75, 3.05) is 0 Å². The van der Waals surface area contributed by atoms with Gasteiger partial charge in [-0.05, 0) is 61.4 Å². The molecule has 0 atom stereocenters. The highest BCUT2D eigenvalue weighted by molar-refractivity contribution is 5.79. The van der Waals surface area contributed by atoms with Crippen LogP contribution >= 0.6 is 0 Å². The van der Waals surface area contributed by atoms with E-state index in [2.05, 4.69) is 37.0 Å². The third-order valence-electron chi connectivity index (χ3n) is 6.70. The van der Waals surface area contributed by atoms with Crippen LogP contribution in [0.1, 0.15) is 22.4 Å². The van der Waals surface area contributed by atoms with Crippen LogP contribution in [0.15, 0.2) is 78.1 Å². The second-order valence-electron chi connectivity index (χ2n) is 8.96. The summed E-state index contributed by atoms with van der Waals surface area (Å²) in [5.74, 6) is 0.784. The molecule has 6 rings (SSSR count). The van der Waals surface area contributed by atoms with Gasteiger partial charge in [0.1, 0.15) is 12.4 Å². The van der Waals surface area contributed by atoms with Crippen LogP contribution in [0.3, 0.4) is 0 Å². The van der Waals surface area contributed by atoms with E-state index in [9.17, 15) is 9.59 Å². The standard InChI is InChI=1S/C27H24N6O2/c1-18-9-10-20(13-19(18)2)33-26(30-11-5-6-12-30)22-14-31(15-24(22)29-33)25(34)16-32-17-28-23-8-4-3-7-21(23)27(32)35/h3-13,17H,14-16H2,1-2H3. The first-order valence-electron chi connectivity index (χ1n) is 11.5. The topological polar surface area (TPSA) is 78.0 Å². The Morgan fingerprint density at radius 2 is 1.77 bits per heavy atom. The van der Waals surface area contributed by atoms with Crippen LogP contribution < -0.4 is 5.56 Å². The Labute approximate surface area is 201 Å². The number of rotatable bonds is 4. The number of amides is 1. The molecule has 8 heteroatoms. The molecule has 1 aliphatic rings. The number of aromatic nitrogens is 5. The van der Waals surface area contributed by atoms with E-state index in [1.165, 1.54) is 22.0 Å². The van der Waals surface area contributed by atoms with Gasteiger partial charge in [-0.25, -0.2) is 9.67 Å². The highest BCUT2D eigenvalue weighted by Gasteiger charge is 2.31. The number of carbonyl (C=O) groups excluding carboxylic acids is 1. The Balaban J connectivity index is 1.32. The molecule has 8 nitrogen and oxygen atoms in total. The molecule has 0 radical (unpaired) electrons. The molecule has 174 valence electrons. The van der Waals surface area contributed by atoms with Gasteiger partial charge in [0.2, 0.25) is 5.91 Å². The van der Waals surface area contributed by atoms with Crippen LogP contribution in [-0.2, 0) is 24.4 Å². The molecule has 1 amide bonds. The number of nitrogens with zero attached hydrogens (tertiary/aromatic N) is 6. The fraction of sp³-hybridized carbons (Fsp3) is 0.185. The van der Waals surface area contributed by atoms with E-state index in [1.807, 2.05) is 39.8 Å². The third kappa shape index (κ3) is 3.54. The van der Waals surface area contributed by atoms with Gasteiger partial charge in [-0.1, -0.05) is 18.2 Å². The van der Waals surface area contributed by atoms with Crippen molar-refractivity contribution in [3.63, 3.8) is 0 Å². The van der Waals surface area contributed by atoms with Crippen LogP contribution in [0.5, 0.6) is 0 Å². The summed E-state index contributed by atoms with van der Waals surface area (Å²) >= 11 is 0. The molecule has 0 N–H and O–H groups in total. The summed E-state index contributed by atoms with van der Waals surface area (Å²) < 4.78 is 5.37. The smallest absolute Gasteiger partial charge is 0.261 e. The van der Waals surface area contributed by atoms with Gasteiger partial charge in [0, 0.05) is 18.0 Å². The number of benzene rings is 2. The summed E-state index contributed by atoms with van der Waals surface area (Å²) in [5.41, 5.74) is 5.70.